The maximum atomic E-state index is 11.7. The number of hydrogen-bond donors (Lipinski definition) is 2. The average molecular weight is 409 g/mol. The molecule has 0 spiro atoms. The number of pyridine rings is 1. The number of ether oxygens (including phenoxy) is 1. The van der Waals surface area contributed by atoms with Crippen LogP contribution in [-0.2, 0) is 4.74 Å². The molecule has 0 aliphatic heterocycles. The van der Waals surface area contributed by atoms with Crippen LogP contribution in [0.4, 0.5) is 22.1 Å². The zero-order valence-electron chi connectivity index (χ0n) is 15.9. The van der Waals surface area contributed by atoms with Crippen LogP contribution in [-0.4, -0.2) is 23.4 Å². The first-order valence-corrected chi connectivity index (χ1v) is 9.55. The Labute approximate surface area is 174 Å². The van der Waals surface area contributed by atoms with E-state index in [1.807, 2.05) is 67.6 Å². The standard InChI is InChI=1S/C22H21ClN4O2/c1-2-13-29-22(28)26-18-14-17(23)20(21(24)25-18)27-19(15-9-5-3-6-10-15)16-11-7-4-8-12-16/h3-12,14H,2,13H2,1H3,(H3,24,25,26,28). The molecule has 148 valence electrons. The molecule has 1 aromatic heterocycles. The van der Waals surface area contributed by atoms with Gasteiger partial charge in [-0.2, -0.15) is 0 Å². The predicted octanol–water partition coefficient (Wildman–Crippen LogP) is 5.44. The lowest BCUT2D eigenvalue weighted by Gasteiger charge is -2.11. The van der Waals surface area contributed by atoms with E-state index < -0.39 is 6.09 Å². The van der Waals surface area contributed by atoms with Crippen LogP contribution in [0.5, 0.6) is 0 Å². The highest BCUT2D eigenvalue weighted by atomic mass is 35.5. The van der Waals surface area contributed by atoms with Crippen molar-refractivity contribution in [1.82, 2.24) is 4.98 Å². The zero-order valence-corrected chi connectivity index (χ0v) is 16.7. The number of nitrogens with zero attached hydrogens (tertiary/aromatic N) is 2. The van der Waals surface area contributed by atoms with E-state index in [9.17, 15) is 4.79 Å². The third-order valence-electron chi connectivity index (χ3n) is 3.96. The van der Waals surface area contributed by atoms with Gasteiger partial charge in [-0.15, -0.1) is 0 Å². The molecule has 0 aliphatic rings. The lowest BCUT2D eigenvalue weighted by Crippen LogP contribution is -2.15. The van der Waals surface area contributed by atoms with Crippen LogP contribution in [0.3, 0.4) is 0 Å². The molecule has 29 heavy (non-hydrogen) atoms. The molecule has 0 bridgehead atoms. The fourth-order valence-corrected chi connectivity index (χ4v) is 2.88. The fourth-order valence-electron chi connectivity index (χ4n) is 2.64. The number of rotatable bonds is 6. The largest absolute Gasteiger partial charge is 0.449 e. The molecule has 6 nitrogen and oxygen atoms in total. The number of aliphatic imine (C=N–C) groups is 1. The molecule has 0 saturated heterocycles. The SMILES string of the molecule is CCCOC(=O)Nc1cc(Cl)c(N=C(c2ccccc2)c2ccccc2)c(N)n1. The van der Waals surface area contributed by atoms with E-state index in [0.29, 0.717) is 18.0 Å². The number of carbonyl (C=O) groups is 1. The number of nitrogens with two attached hydrogens (primary N) is 1. The van der Waals surface area contributed by atoms with Gasteiger partial charge in [-0.1, -0.05) is 79.2 Å². The zero-order chi connectivity index (χ0) is 20.6. The second-order valence-corrected chi connectivity index (χ2v) is 6.58. The summed E-state index contributed by atoms with van der Waals surface area (Å²) in [6.07, 6.45) is 0.111. The van der Waals surface area contributed by atoms with E-state index in [-0.39, 0.29) is 16.7 Å². The van der Waals surface area contributed by atoms with Crippen LogP contribution < -0.4 is 11.1 Å². The Bertz CT molecular complexity index is 943. The number of nitrogen functional groups attached to an aromatic ring is 1. The number of aromatic nitrogens is 1. The van der Waals surface area contributed by atoms with Gasteiger partial charge in [0.2, 0.25) is 0 Å². The number of nitrogens with one attached hydrogen (secondary N) is 1. The quantitative estimate of drug-likeness (QED) is 0.531. The molecule has 3 N–H and O–H groups in total. The van der Waals surface area contributed by atoms with Crippen LogP contribution >= 0.6 is 11.6 Å². The van der Waals surface area contributed by atoms with Crippen molar-refractivity contribution >= 4 is 40.7 Å². The predicted molar refractivity (Wildman–Crippen MR) is 117 cm³/mol. The molecule has 0 radical (unpaired) electrons. The van der Waals surface area contributed by atoms with Crippen molar-refractivity contribution in [3.05, 3.63) is 82.9 Å². The first-order valence-electron chi connectivity index (χ1n) is 9.17. The monoisotopic (exact) mass is 408 g/mol. The van der Waals surface area contributed by atoms with Crippen molar-refractivity contribution in [2.24, 2.45) is 4.99 Å². The summed E-state index contributed by atoms with van der Waals surface area (Å²) in [5, 5.41) is 2.79. The van der Waals surface area contributed by atoms with Crippen LogP contribution in [0, 0.1) is 0 Å². The summed E-state index contributed by atoms with van der Waals surface area (Å²) in [5.41, 5.74) is 8.99. The van der Waals surface area contributed by atoms with Gasteiger partial charge < -0.3 is 10.5 Å². The van der Waals surface area contributed by atoms with Gasteiger partial charge in [0.25, 0.3) is 0 Å². The Morgan fingerprint density at radius 3 is 2.21 bits per heavy atom. The fraction of sp³-hybridized carbons (Fsp3) is 0.136. The van der Waals surface area contributed by atoms with Gasteiger partial charge in [0.15, 0.2) is 5.82 Å². The summed E-state index contributed by atoms with van der Waals surface area (Å²) >= 11 is 6.42. The second-order valence-electron chi connectivity index (χ2n) is 6.18. The number of amides is 1. The Morgan fingerprint density at radius 1 is 1.10 bits per heavy atom. The second kappa shape index (κ2) is 9.71. The molecule has 0 fully saturated rings. The maximum absolute atomic E-state index is 11.7. The van der Waals surface area contributed by atoms with Crippen LogP contribution in [0.15, 0.2) is 71.7 Å². The van der Waals surface area contributed by atoms with E-state index in [0.717, 1.165) is 17.5 Å². The number of halogens is 1. The third-order valence-corrected chi connectivity index (χ3v) is 4.25. The van der Waals surface area contributed by atoms with E-state index in [1.54, 1.807) is 0 Å². The molecule has 7 heteroatoms. The van der Waals surface area contributed by atoms with Gasteiger partial charge in [-0.25, -0.2) is 14.8 Å². The van der Waals surface area contributed by atoms with Gasteiger partial charge in [0.05, 0.1) is 17.3 Å². The van der Waals surface area contributed by atoms with Crippen LogP contribution in [0.2, 0.25) is 5.02 Å². The van der Waals surface area contributed by atoms with E-state index in [4.69, 9.17) is 27.1 Å². The molecule has 3 rings (SSSR count). The molecule has 2 aromatic carbocycles. The van der Waals surface area contributed by atoms with Crippen LogP contribution in [0.1, 0.15) is 24.5 Å². The van der Waals surface area contributed by atoms with Crippen molar-refractivity contribution in [3.8, 4) is 0 Å². The number of hydrogen-bond acceptors (Lipinski definition) is 5. The lowest BCUT2D eigenvalue weighted by molar-refractivity contribution is 0.161. The lowest BCUT2D eigenvalue weighted by atomic mass is 10.0. The molecule has 0 saturated carbocycles. The molecule has 0 aliphatic carbocycles. The van der Waals surface area contributed by atoms with Gasteiger partial charge >= 0.3 is 6.09 Å². The summed E-state index contributed by atoms with van der Waals surface area (Å²) in [6.45, 7) is 2.22. The maximum Gasteiger partial charge on any atom is 0.412 e. The highest BCUT2D eigenvalue weighted by Gasteiger charge is 2.14. The average Bonchev–Trinajstić information content (AvgIpc) is 2.73. The first-order chi connectivity index (χ1) is 14.1. The van der Waals surface area contributed by atoms with Gasteiger partial charge in [-0.05, 0) is 6.42 Å². The summed E-state index contributed by atoms with van der Waals surface area (Å²) in [5.74, 6) is 0.307. The van der Waals surface area contributed by atoms with Crippen molar-refractivity contribution in [2.75, 3.05) is 17.7 Å². The summed E-state index contributed by atoms with van der Waals surface area (Å²) in [7, 11) is 0. The minimum Gasteiger partial charge on any atom is -0.449 e. The van der Waals surface area contributed by atoms with Crippen molar-refractivity contribution < 1.29 is 9.53 Å². The highest BCUT2D eigenvalue weighted by molar-refractivity contribution is 6.34. The Morgan fingerprint density at radius 2 is 1.69 bits per heavy atom. The van der Waals surface area contributed by atoms with Gasteiger partial charge in [-0.3, -0.25) is 5.32 Å². The Kier molecular flexibility index (Phi) is 6.81. The number of benzene rings is 2. The minimum atomic E-state index is -0.611. The summed E-state index contributed by atoms with van der Waals surface area (Å²) in [6, 6.07) is 21.0. The molecular formula is C22H21ClN4O2. The molecule has 1 heterocycles. The Balaban J connectivity index is 1.99. The third kappa shape index (κ3) is 5.33. The number of carbonyl (C=O) groups excluding carboxylic acids is 1. The van der Waals surface area contributed by atoms with E-state index in [2.05, 4.69) is 10.3 Å². The minimum absolute atomic E-state index is 0.104. The Hall–Kier alpha value is -3.38. The van der Waals surface area contributed by atoms with E-state index in [1.165, 1.54) is 6.07 Å². The number of anilines is 2. The van der Waals surface area contributed by atoms with Gasteiger partial charge in [0.1, 0.15) is 11.5 Å². The summed E-state index contributed by atoms with van der Waals surface area (Å²) < 4.78 is 4.98. The van der Waals surface area contributed by atoms with Crippen LogP contribution in [0.25, 0.3) is 0 Å². The molecule has 0 atom stereocenters. The highest BCUT2D eigenvalue weighted by Crippen LogP contribution is 2.33. The van der Waals surface area contributed by atoms with Gasteiger partial charge in [0, 0.05) is 17.2 Å². The first kappa shape index (κ1) is 20.4. The molecule has 3 aromatic rings. The smallest absolute Gasteiger partial charge is 0.412 e. The molecule has 0 unspecified atom stereocenters. The normalized spacial score (nSPS) is 10.3. The summed E-state index contributed by atoms with van der Waals surface area (Å²) in [4.78, 5) is 20.7. The van der Waals surface area contributed by atoms with Crippen molar-refractivity contribution in [1.29, 1.82) is 0 Å². The van der Waals surface area contributed by atoms with Crippen molar-refractivity contribution in [3.63, 3.8) is 0 Å². The van der Waals surface area contributed by atoms with Crippen molar-refractivity contribution in [2.45, 2.75) is 13.3 Å². The van der Waals surface area contributed by atoms with E-state index >= 15 is 0 Å². The molecule has 1 amide bonds. The molecular weight excluding hydrogens is 388 g/mol. The topological polar surface area (TPSA) is 89.6 Å².